The molecule has 4 aromatic rings. The van der Waals surface area contributed by atoms with E-state index < -0.39 is 0 Å². The molecule has 4 heterocycles. The van der Waals surface area contributed by atoms with Crippen LogP contribution in [0.5, 0.6) is 0 Å². The van der Waals surface area contributed by atoms with E-state index in [9.17, 15) is 9.59 Å². The number of carbonyl (C=O) groups is 1. The molecule has 0 saturated heterocycles. The summed E-state index contributed by atoms with van der Waals surface area (Å²) in [7, 11) is 0. The number of aryl methyl sites for hydroxylation is 1. The largest absolute Gasteiger partial charge is 0.354 e. The van der Waals surface area contributed by atoms with Crippen LogP contribution in [-0.2, 0) is 17.8 Å². The zero-order valence-electron chi connectivity index (χ0n) is 15.6. The van der Waals surface area contributed by atoms with Crippen LogP contribution in [0.1, 0.15) is 10.6 Å². The standard InChI is InChI=1S/C20H18N4O2S3/c1-13-19(29-20(22-13)16-5-3-11-28-16)15-6-7-18(26)24(23-15)9-8-21-17(25)12-14-4-2-10-27-14/h2-7,10-11H,8-9,12H2,1H3,(H,21,25). The first-order valence-corrected chi connectivity index (χ1v) is 11.6. The minimum absolute atomic E-state index is 0.0597. The predicted molar refractivity (Wildman–Crippen MR) is 119 cm³/mol. The van der Waals surface area contributed by atoms with E-state index in [1.807, 2.05) is 41.9 Å². The summed E-state index contributed by atoms with van der Waals surface area (Å²) in [5.74, 6) is -0.0597. The Morgan fingerprint density at radius 1 is 1.14 bits per heavy atom. The summed E-state index contributed by atoms with van der Waals surface area (Å²) in [5, 5.41) is 12.3. The van der Waals surface area contributed by atoms with Crippen molar-refractivity contribution in [2.45, 2.75) is 19.9 Å². The number of amides is 1. The van der Waals surface area contributed by atoms with E-state index >= 15 is 0 Å². The Hall–Kier alpha value is -2.62. The van der Waals surface area contributed by atoms with Gasteiger partial charge in [0.25, 0.3) is 5.56 Å². The number of nitrogens with zero attached hydrogens (tertiary/aromatic N) is 3. The van der Waals surface area contributed by atoms with Gasteiger partial charge in [-0.25, -0.2) is 9.67 Å². The fourth-order valence-electron chi connectivity index (χ4n) is 2.81. The van der Waals surface area contributed by atoms with Gasteiger partial charge < -0.3 is 5.32 Å². The second kappa shape index (κ2) is 8.81. The van der Waals surface area contributed by atoms with Crippen LogP contribution in [0.2, 0.25) is 0 Å². The van der Waals surface area contributed by atoms with Gasteiger partial charge in [-0.2, -0.15) is 5.10 Å². The van der Waals surface area contributed by atoms with E-state index in [2.05, 4.69) is 15.4 Å². The van der Waals surface area contributed by atoms with Crippen LogP contribution in [-0.4, -0.2) is 27.2 Å². The van der Waals surface area contributed by atoms with Gasteiger partial charge in [-0.15, -0.1) is 34.0 Å². The molecule has 6 nitrogen and oxygen atoms in total. The molecular weight excluding hydrogens is 424 g/mol. The maximum atomic E-state index is 12.2. The average molecular weight is 443 g/mol. The van der Waals surface area contributed by atoms with Gasteiger partial charge in [0.15, 0.2) is 0 Å². The molecule has 9 heteroatoms. The third-order valence-electron chi connectivity index (χ3n) is 4.19. The van der Waals surface area contributed by atoms with Crippen molar-refractivity contribution >= 4 is 39.9 Å². The number of carbonyl (C=O) groups excluding carboxylic acids is 1. The Labute approximate surface area is 179 Å². The van der Waals surface area contributed by atoms with Crippen LogP contribution in [0, 0.1) is 6.92 Å². The topological polar surface area (TPSA) is 76.9 Å². The number of thiophene rings is 2. The molecule has 0 aliphatic rings. The minimum atomic E-state index is -0.193. The highest BCUT2D eigenvalue weighted by atomic mass is 32.1. The molecule has 4 rings (SSSR count). The minimum Gasteiger partial charge on any atom is -0.354 e. The number of thiazole rings is 1. The van der Waals surface area contributed by atoms with E-state index in [1.165, 1.54) is 10.7 Å². The Bertz CT molecular complexity index is 1160. The maximum absolute atomic E-state index is 12.2. The van der Waals surface area contributed by atoms with Gasteiger partial charge in [0.1, 0.15) is 10.7 Å². The molecule has 0 unspecified atom stereocenters. The first kappa shape index (κ1) is 19.7. The highest BCUT2D eigenvalue weighted by Gasteiger charge is 2.14. The lowest BCUT2D eigenvalue weighted by Gasteiger charge is -2.08. The second-order valence-electron chi connectivity index (χ2n) is 6.30. The van der Waals surface area contributed by atoms with Crippen molar-refractivity contribution < 1.29 is 4.79 Å². The lowest BCUT2D eigenvalue weighted by atomic mass is 10.3. The van der Waals surface area contributed by atoms with Crippen molar-refractivity contribution in [1.29, 1.82) is 0 Å². The summed E-state index contributed by atoms with van der Waals surface area (Å²) in [6.07, 6.45) is 0.353. The third kappa shape index (κ3) is 4.69. The smallest absolute Gasteiger partial charge is 0.266 e. The lowest BCUT2D eigenvalue weighted by molar-refractivity contribution is -0.120. The van der Waals surface area contributed by atoms with E-state index in [0.717, 1.165) is 25.3 Å². The molecule has 1 amide bonds. The maximum Gasteiger partial charge on any atom is 0.266 e. The SMILES string of the molecule is Cc1nc(-c2cccs2)sc1-c1ccc(=O)n(CCNC(=O)Cc2cccs2)n1. The van der Waals surface area contributed by atoms with Gasteiger partial charge in [-0.1, -0.05) is 12.1 Å². The molecule has 0 saturated carbocycles. The molecule has 0 radical (unpaired) electrons. The van der Waals surface area contributed by atoms with Gasteiger partial charge in [-0.05, 0) is 35.9 Å². The van der Waals surface area contributed by atoms with E-state index in [1.54, 1.807) is 40.1 Å². The lowest BCUT2D eigenvalue weighted by Crippen LogP contribution is -2.32. The number of hydrogen-bond acceptors (Lipinski definition) is 7. The first-order valence-electron chi connectivity index (χ1n) is 8.99. The molecule has 0 spiro atoms. The predicted octanol–water partition coefficient (Wildman–Crippen LogP) is 3.82. The molecular formula is C20H18N4O2S3. The summed E-state index contributed by atoms with van der Waals surface area (Å²) in [6.45, 7) is 2.62. The van der Waals surface area contributed by atoms with Gasteiger partial charge in [0, 0.05) is 17.5 Å². The number of nitrogens with one attached hydrogen (secondary N) is 1. The van der Waals surface area contributed by atoms with Crippen LogP contribution in [0.4, 0.5) is 0 Å². The fraction of sp³-hybridized carbons (Fsp3) is 0.200. The van der Waals surface area contributed by atoms with Crippen molar-refractivity contribution in [2.75, 3.05) is 6.54 Å². The Balaban J connectivity index is 1.45. The molecule has 4 aromatic heterocycles. The van der Waals surface area contributed by atoms with E-state index in [4.69, 9.17) is 0 Å². The van der Waals surface area contributed by atoms with Crippen LogP contribution in [0.25, 0.3) is 20.5 Å². The van der Waals surface area contributed by atoms with Crippen molar-refractivity contribution in [3.63, 3.8) is 0 Å². The number of hydrogen-bond donors (Lipinski definition) is 1. The van der Waals surface area contributed by atoms with Crippen molar-refractivity contribution in [3.8, 4) is 20.5 Å². The van der Waals surface area contributed by atoms with Crippen LogP contribution < -0.4 is 10.9 Å². The summed E-state index contributed by atoms with van der Waals surface area (Å²) in [6, 6.07) is 11.1. The zero-order valence-corrected chi connectivity index (χ0v) is 18.1. The fourth-order valence-corrected chi connectivity index (χ4v) is 5.34. The summed E-state index contributed by atoms with van der Waals surface area (Å²) < 4.78 is 1.39. The van der Waals surface area contributed by atoms with E-state index in [-0.39, 0.29) is 11.5 Å². The first-order chi connectivity index (χ1) is 14.1. The Morgan fingerprint density at radius 3 is 2.72 bits per heavy atom. The molecule has 0 atom stereocenters. The molecule has 0 aliphatic carbocycles. The van der Waals surface area contributed by atoms with Gasteiger partial charge >= 0.3 is 0 Å². The summed E-state index contributed by atoms with van der Waals surface area (Å²) >= 11 is 4.77. The number of rotatable bonds is 7. The highest BCUT2D eigenvalue weighted by molar-refractivity contribution is 7.23. The van der Waals surface area contributed by atoms with Crippen molar-refractivity contribution in [2.24, 2.45) is 0 Å². The molecule has 0 bridgehead atoms. The van der Waals surface area contributed by atoms with Crippen LogP contribution >= 0.6 is 34.0 Å². The quantitative estimate of drug-likeness (QED) is 0.472. The molecule has 1 N–H and O–H groups in total. The summed E-state index contributed by atoms with van der Waals surface area (Å²) in [4.78, 5) is 31.9. The number of aromatic nitrogens is 3. The van der Waals surface area contributed by atoms with Gasteiger partial charge in [-0.3, -0.25) is 9.59 Å². The molecule has 0 aromatic carbocycles. The molecule has 0 aliphatic heterocycles. The van der Waals surface area contributed by atoms with Crippen LogP contribution in [0.3, 0.4) is 0 Å². The van der Waals surface area contributed by atoms with E-state index in [0.29, 0.717) is 25.2 Å². The van der Waals surface area contributed by atoms with Crippen molar-refractivity contribution in [1.82, 2.24) is 20.1 Å². The normalized spacial score (nSPS) is 10.9. The Kier molecular flexibility index (Phi) is 5.98. The second-order valence-corrected chi connectivity index (χ2v) is 9.28. The van der Waals surface area contributed by atoms with Crippen molar-refractivity contribution in [3.05, 3.63) is 68.1 Å². The zero-order chi connectivity index (χ0) is 20.2. The van der Waals surface area contributed by atoms with Gasteiger partial charge in [0.05, 0.1) is 28.4 Å². The average Bonchev–Trinajstić information content (AvgIpc) is 3.45. The van der Waals surface area contributed by atoms with Crippen LogP contribution in [0.15, 0.2) is 52.0 Å². The molecule has 148 valence electrons. The third-order valence-corrected chi connectivity index (χ3v) is 7.28. The van der Waals surface area contributed by atoms with Gasteiger partial charge in [0.2, 0.25) is 5.91 Å². The Morgan fingerprint density at radius 2 is 1.97 bits per heavy atom. The highest BCUT2D eigenvalue weighted by Crippen LogP contribution is 2.35. The monoisotopic (exact) mass is 442 g/mol. The summed E-state index contributed by atoms with van der Waals surface area (Å²) in [5.41, 5.74) is 1.41. The molecule has 0 fully saturated rings. The molecule has 29 heavy (non-hydrogen) atoms.